The third-order valence-electron chi connectivity index (χ3n) is 2.55. The molecule has 1 rings (SSSR count). The Labute approximate surface area is 110 Å². The molecule has 0 amide bonds. The lowest BCUT2D eigenvalue weighted by atomic mass is 10.1. The number of rotatable bonds is 10. The van der Waals surface area contributed by atoms with Crippen LogP contribution in [-0.2, 0) is 22.6 Å². The molecule has 0 spiro atoms. The van der Waals surface area contributed by atoms with E-state index in [1.54, 1.807) is 7.11 Å². The highest BCUT2D eigenvalue weighted by Gasteiger charge is 1.94. The van der Waals surface area contributed by atoms with Crippen molar-refractivity contribution in [2.75, 3.05) is 26.9 Å². The maximum absolute atomic E-state index is 5.41. The zero-order valence-corrected chi connectivity index (χ0v) is 11.2. The van der Waals surface area contributed by atoms with Crippen molar-refractivity contribution in [3.05, 3.63) is 48.0 Å². The molecule has 1 N–H and O–H groups in total. The quantitative estimate of drug-likeness (QED) is 0.510. The smallest absolute Gasteiger partial charge is 0.0713 e. The van der Waals surface area contributed by atoms with Gasteiger partial charge in [0.25, 0.3) is 0 Å². The lowest BCUT2D eigenvalue weighted by molar-refractivity contribution is 0.140. The van der Waals surface area contributed by atoms with Gasteiger partial charge in [0.05, 0.1) is 19.8 Å². The standard InChI is InChI=1S/C15H23NO2/c1-3-4-10-18-11-9-16-12-14-5-7-15(8-6-14)13-17-2/h3,5-8,16H,1,4,9-13H2,2H3. The Hall–Kier alpha value is -1.16. The fraction of sp³-hybridized carbons (Fsp3) is 0.467. The van der Waals surface area contributed by atoms with E-state index >= 15 is 0 Å². The molecule has 3 nitrogen and oxygen atoms in total. The predicted molar refractivity (Wildman–Crippen MR) is 74.5 cm³/mol. The SMILES string of the molecule is C=CCCOCCNCc1ccc(COC)cc1. The van der Waals surface area contributed by atoms with E-state index in [-0.39, 0.29) is 0 Å². The van der Waals surface area contributed by atoms with Crippen LogP contribution in [0.5, 0.6) is 0 Å². The summed E-state index contributed by atoms with van der Waals surface area (Å²) in [7, 11) is 1.71. The summed E-state index contributed by atoms with van der Waals surface area (Å²) in [6, 6.07) is 8.45. The number of hydrogen-bond donors (Lipinski definition) is 1. The lowest BCUT2D eigenvalue weighted by Gasteiger charge is -2.06. The van der Waals surface area contributed by atoms with E-state index in [0.29, 0.717) is 6.61 Å². The molecule has 18 heavy (non-hydrogen) atoms. The lowest BCUT2D eigenvalue weighted by Crippen LogP contribution is -2.19. The van der Waals surface area contributed by atoms with Crippen LogP contribution >= 0.6 is 0 Å². The maximum atomic E-state index is 5.41. The number of hydrogen-bond acceptors (Lipinski definition) is 3. The van der Waals surface area contributed by atoms with Crippen molar-refractivity contribution in [2.45, 2.75) is 19.6 Å². The molecule has 100 valence electrons. The summed E-state index contributed by atoms with van der Waals surface area (Å²) in [6.45, 7) is 7.57. The molecule has 0 heterocycles. The first kappa shape index (κ1) is 14.9. The second-order valence-corrected chi connectivity index (χ2v) is 4.12. The fourth-order valence-electron chi connectivity index (χ4n) is 1.57. The normalized spacial score (nSPS) is 10.5. The number of ether oxygens (including phenoxy) is 2. The molecule has 3 heteroatoms. The highest BCUT2D eigenvalue weighted by atomic mass is 16.5. The molecular formula is C15H23NO2. The van der Waals surface area contributed by atoms with Gasteiger partial charge in [-0.05, 0) is 17.5 Å². The average molecular weight is 249 g/mol. The molecule has 0 unspecified atom stereocenters. The van der Waals surface area contributed by atoms with Gasteiger partial charge in [0.2, 0.25) is 0 Å². The first-order valence-electron chi connectivity index (χ1n) is 6.33. The van der Waals surface area contributed by atoms with E-state index in [1.165, 1.54) is 11.1 Å². The summed E-state index contributed by atoms with van der Waals surface area (Å²) >= 11 is 0. The predicted octanol–water partition coefficient (Wildman–Crippen LogP) is 2.52. The summed E-state index contributed by atoms with van der Waals surface area (Å²) in [6.07, 6.45) is 2.79. The largest absolute Gasteiger partial charge is 0.380 e. The van der Waals surface area contributed by atoms with E-state index in [1.807, 2.05) is 6.08 Å². The van der Waals surface area contributed by atoms with Crippen molar-refractivity contribution >= 4 is 0 Å². The summed E-state index contributed by atoms with van der Waals surface area (Å²) in [5, 5.41) is 3.35. The summed E-state index contributed by atoms with van der Waals surface area (Å²) < 4.78 is 10.5. The Bertz CT molecular complexity index is 322. The van der Waals surface area contributed by atoms with Gasteiger partial charge in [0, 0.05) is 20.2 Å². The Morgan fingerprint density at radius 2 is 1.89 bits per heavy atom. The zero-order valence-electron chi connectivity index (χ0n) is 11.2. The van der Waals surface area contributed by atoms with E-state index < -0.39 is 0 Å². The van der Waals surface area contributed by atoms with Crippen LogP contribution in [0.2, 0.25) is 0 Å². The van der Waals surface area contributed by atoms with Gasteiger partial charge in [-0.1, -0.05) is 30.3 Å². The number of benzene rings is 1. The molecule has 0 radical (unpaired) electrons. The van der Waals surface area contributed by atoms with Crippen LogP contribution in [0.1, 0.15) is 17.5 Å². The summed E-state index contributed by atoms with van der Waals surface area (Å²) in [4.78, 5) is 0. The van der Waals surface area contributed by atoms with Crippen molar-refractivity contribution in [1.82, 2.24) is 5.32 Å². The maximum Gasteiger partial charge on any atom is 0.0713 e. The van der Waals surface area contributed by atoms with E-state index in [4.69, 9.17) is 9.47 Å². The molecular weight excluding hydrogens is 226 g/mol. The second-order valence-electron chi connectivity index (χ2n) is 4.12. The Morgan fingerprint density at radius 1 is 1.17 bits per heavy atom. The van der Waals surface area contributed by atoms with Crippen LogP contribution in [0.25, 0.3) is 0 Å². The van der Waals surface area contributed by atoms with E-state index in [9.17, 15) is 0 Å². The van der Waals surface area contributed by atoms with Crippen LogP contribution in [0.15, 0.2) is 36.9 Å². The molecule has 0 aromatic heterocycles. The molecule has 0 fully saturated rings. The van der Waals surface area contributed by atoms with Gasteiger partial charge in [0.15, 0.2) is 0 Å². The van der Waals surface area contributed by atoms with Gasteiger partial charge in [-0.25, -0.2) is 0 Å². The Morgan fingerprint density at radius 3 is 2.56 bits per heavy atom. The van der Waals surface area contributed by atoms with Crippen molar-refractivity contribution in [1.29, 1.82) is 0 Å². The van der Waals surface area contributed by atoms with Crippen molar-refractivity contribution < 1.29 is 9.47 Å². The van der Waals surface area contributed by atoms with Crippen LogP contribution in [0.3, 0.4) is 0 Å². The van der Waals surface area contributed by atoms with Crippen LogP contribution in [-0.4, -0.2) is 26.9 Å². The Balaban J connectivity index is 2.09. The van der Waals surface area contributed by atoms with Crippen molar-refractivity contribution in [3.63, 3.8) is 0 Å². The van der Waals surface area contributed by atoms with Gasteiger partial charge in [-0.2, -0.15) is 0 Å². The number of nitrogens with one attached hydrogen (secondary N) is 1. The molecule has 0 aliphatic carbocycles. The zero-order chi connectivity index (χ0) is 13.1. The minimum atomic E-state index is 0.671. The molecule has 1 aromatic carbocycles. The third kappa shape index (κ3) is 6.55. The van der Waals surface area contributed by atoms with Crippen LogP contribution in [0, 0.1) is 0 Å². The highest BCUT2D eigenvalue weighted by Crippen LogP contribution is 2.05. The molecule has 0 aliphatic rings. The van der Waals surface area contributed by atoms with Crippen molar-refractivity contribution in [3.8, 4) is 0 Å². The third-order valence-corrected chi connectivity index (χ3v) is 2.55. The number of methoxy groups -OCH3 is 1. The minimum Gasteiger partial charge on any atom is -0.380 e. The first-order valence-corrected chi connectivity index (χ1v) is 6.33. The topological polar surface area (TPSA) is 30.5 Å². The van der Waals surface area contributed by atoms with E-state index in [0.717, 1.165) is 32.7 Å². The molecule has 0 saturated heterocycles. The van der Waals surface area contributed by atoms with Crippen molar-refractivity contribution in [2.24, 2.45) is 0 Å². The molecule has 0 aliphatic heterocycles. The fourth-order valence-corrected chi connectivity index (χ4v) is 1.57. The van der Waals surface area contributed by atoms with E-state index in [2.05, 4.69) is 36.2 Å². The Kier molecular flexibility index (Phi) is 8.13. The van der Waals surface area contributed by atoms with Crippen LogP contribution < -0.4 is 5.32 Å². The van der Waals surface area contributed by atoms with Gasteiger partial charge in [0.1, 0.15) is 0 Å². The average Bonchev–Trinajstić information content (AvgIpc) is 2.40. The van der Waals surface area contributed by atoms with Gasteiger partial charge in [-0.15, -0.1) is 6.58 Å². The summed E-state index contributed by atoms with van der Waals surface area (Å²) in [5.74, 6) is 0. The summed E-state index contributed by atoms with van der Waals surface area (Å²) in [5.41, 5.74) is 2.48. The molecule has 1 aromatic rings. The second kappa shape index (κ2) is 9.83. The highest BCUT2D eigenvalue weighted by molar-refractivity contribution is 5.21. The molecule has 0 saturated carbocycles. The van der Waals surface area contributed by atoms with Gasteiger partial charge < -0.3 is 14.8 Å². The van der Waals surface area contributed by atoms with Gasteiger partial charge in [-0.3, -0.25) is 0 Å². The van der Waals surface area contributed by atoms with Crippen LogP contribution in [0.4, 0.5) is 0 Å². The van der Waals surface area contributed by atoms with Gasteiger partial charge >= 0.3 is 0 Å². The first-order chi connectivity index (χ1) is 8.86. The minimum absolute atomic E-state index is 0.671. The molecule has 0 bridgehead atoms. The monoisotopic (exact) mass is 249 g/mol. The molecule has 0 atom stereocenters.